The average molecular weight is 249 g/mol. The lowest BCUT2D eigenvalue weighted by Crippen LogP contribution is -2.39. The first-order valence-electron chi connectivity index (χ1n) is 6.52. The number of carbonyl (C=O) groups excluding carboxylic acids is 1. The van der Waals surface area contributed by atoms with E-state index in [1.807, 2.05) is 18.2 Å². The molecule has 0 saturated heterocycles. The van der Waals surface area contributed by atoms with Gasteiger partial charge in [-0.2, -0.15) is 0 Å². The second kappa shape index (κ2) is 7.88. The molecular weight excluding hydrogens is 226 g/mol. The molecular formula is C15H23NO2. The fraction of sp³-hybridized carbons (Fsp3) is 0.533. The Morgan fingerprint density at radius 2 is 2.00 bits per heavy atom. The number of rotatable bonds is 7. The highest BCUT2D eigenvalue weighted by Crippen LogP contribution is 2.08. The van der Waals surface area contributed by atoms with Crippen molar-refractivity contribution >= 4 is 5.97 Å². The predicted octanol–water partition coefficient (Wildman–Crippen LogP) is 2.55. The molecule has 0 aliphatic rings. The van der Waals surface area contributed by atoms with Gasteiger partial charge in [0.1, 0.15) is 0 Å². The lowest BCUT2D eigenvalue weighted by molar-refractivity contribution is -0.141. The molecule has 3 nitrogen and oxygen atoms in total. The molecule has 0 heterocycles. The minimum absolute atomic E-state index is 0.134. The summed E-state index contributed by atoms with van der Waals surface area (Å²) in [4.78, 5) is 11.4. The molecule has 0 aliphatic heterocycles. The molecule has 18 heavy (non-hydrogen) atoms. The van der Waals surface area contributed by atoms with Gasteiger partial charge in [0.05, 0.1) is 13.5 Å². The van der Waals surface area contributed by atoms with Gasteiger partial charge in [-0.3, -0.25) is 4.79 Å². The quantitative estimate of drug-likeness (QED) is 0.755. The van der Waals surface area contributed by atoms with Gasteiger partial charge in [0.15, 0.2) is 0 Å². The number of nitrogens with one attached hydrogen (secondary N) is 1. The van der Waals surface area contributed by atoms with Gasteiger partial charge in [-0.05, 0) is 25.3 Å². The molecule has 0 aliphatic carbocycles. The summed E-state index contributed by atoms with van der Waals surface area (Å²) in [5.41, 5.74) is 1.24. The monoisotopic (exact) mass is 249 g/mol. The first-order chi connectivity index (χ1) is 8.65. The number of carbonyl (C=O) groups is 1. The summed E-state index contributed by atoms with van der Waals surface area (Å²) in [5, 5.41) is 3.48. The minimum atomic E-state index is -0.160. The van der Waals surface area contributed by atoms with E-state index in [-0.39, 0.29) is 12.0 Å². The van der Waals surface area contributed by atoms with Crippen molar-refractivity contribution < 1.29 is 9.53 Å². The molecule has 0 fully saturated rings. The van der Waals surface area contributed by atoms with Crippen molar-refractivity contribution in [3.05, 3.63) is 35.9 Å². The maximum Gasteiger partial charge on any atom is 0.307 e. The molecule has 1 N–H and O–H groups in total. The summed E-state index contributed by atoms with van der Waals surface area (Å²) < 4.78 is 4.75. The zero-order valence-electron chi connectivity index (χ0n) is 11.5. The van der Waals surface area contributed by atoms with Crippen molar-refractivity contribution in [1.29, 1.82) is 0 Å². The number of esters is 1. The molecule has 100 valence electrons. The molecule has 0 saturated carbocycles. The van der Waals surface area contributed by atoms with Crippen molar-refractivity contribution in [3.8, 4) is 0 Å². The van der Waals surface area contributed by atoms with E-state index in [0.717, 1.165) is 12.8 Å². The van der Waals surface area contributed by atoms with Gasteiger partial charge in [-0.1, -0.05) is 37.3 Å². The van der Waals surface area contributed by atoms with Crippen LogP contribution in [0, 0.1) is 0 Å². The van der Waals surface area contributed by atoms with Gasteiger partial charge in [-0.15, -0.1) is 0 Å². The third-order valence-electron chi connectivity index (χ3n) is 3.10. The predicted molar refractivity (Wildman–Crippen MR) is 73.5 cm³/mol. The van der Waals surface area contributed by atoms with Crippen LogP contribution in [0.2, 0.25) is 0 Å². The van der Waals surface area contributed by atoms with Crippen LogP contribution in [0.25, 0.3) is 0 Å². The third-order valence-corrected chi connectivity index (χ3v) is 3.10. The first kappa shape index (κ1) is 14.7. The smallest absolute Gasteiger partial charge is 0.307 e. The SMILES string of the molecule is CCC(C)NC(CC(=O)OC)Cc1ccccc1. The Bertz CT molecular complexity index is 351. The fourth-order valence-corrected chi connectivity index (χ4v) is 1.89. The maximum absolute atomic E-state index is 11.4. The third kappa shape index (κ3) is 5.32. The Kier molecular flexibility index (Phi) is 6.44. The van der Waals surface area contributed by atoms with Crippen LogP contribution in [0.5, 0.6) is 0 Å². The molecule has 0 radical (unpaired) electrons. The number of hydrogen-bond donors (Lipinski definition) is 1. The van der Waals surface area contributed by atoms with Crippen molar-refractivity contribution in [2.24, 2.45) is 0 Å². The van der Waals surface area contributed by atoms with Crippen LogP contribution in [0.1, 0.15) is 32.3 Å². The van der Waals surface area contributed by atoms with E-state index in [1.165, 1.54) is 12.7 Å². The Hall–Kier alpha value is -1.35. The molecule has 3 heteroatoms. The highest BCUT2D eigenvalue weighted by molar-refractivity contribution is 5.70. The molecule has 1 aromatic rings. The van der Waals surface area contributed by atoms with Crippen molar-refractivity contribution in [2.75, 3.05) is 7.11 Å². The second-order valence-corrected chi connectivity index (χ2v) is 4.64. The Balaban J connectivity index is 2.62. The van der Waals surface area contributed by atoms with Crippen LogP contribution in [0.4, 0.5) is 0 Å². The first-order valence-corrected chi connectivity index (χ1v) is 6.52. The number of methoxy groups -OCH3 is 1. The molecule has 0 aromatic heterocycles. The summed E-state index contributed by atoms with van der Waals surface area (Å²) in [6.45, 7) is 4.27. The summed E-state index contributed by atoms with van der Waals surface area (Å²) in [5.74, 6) is -0.160. The normalized spacial score (nSPS) is 13.9. The second-order valence-electron chi connectivity index (χ2n) is 4.64. The maximum atomic E-state index is 11.4. The van der Waals surface area contributed by atoms with Gasteiger partial charge in [-0.25, -0.2) is 0 Å². The van der Waals surface area contributed by atoms with Crippen LogP contribution in [-0.2, 0) is 16.0 Å². The standard InChI is InChI=1S/C15H23NO2/c1-4-12(2)16-14(11-15(17)18-3)10-13-8-6-5-7-9-13/h5-9,12,14,16H,4,10-11H2,1-3H3. The van der Waals surface area contributed by atoms with E-state index in [9.17, 15) is 4.79 Å². The van der Waals surface area contributed by atoms with Crippen LogP contribution >= 0.6 is 0 Å². The molecule has 0 bridgehead atoms. The molecule has 1 rings (SSSR count). The fourth-order valence-electron chi connectivity index (χ4n) is 1.89. The summed E-state index contributed by atoms with van der Waals surface area (Å²) in [6.07, 6.45) is 2.31. The van der Waals surface area contributed by atoms with Gasteiger partial charge in [0.2, 0.25) is 0 Å². The Morgan fingerprint density at radius 3 is 2.56 bits per heavy atom. The topological polar surface area (TPSA) is 38.3 Å². The van der Waals surface area contributed by atoms with Crippen molar-refractivity contribution in [3.63, 3.8) is 0 Å². The van der Waals surface area contributed by atoms with E-state index in [0.29, 0.717) is 12.5 Å². The molecule has 1 aromatic carbocycles. The van der Waals surface area contributed by atoms with Crippen LogP contribution < -0.4 is 5.32 Å². The number of benzene rings is 1. The average Bonchev–Trinajstić information content (AvgIpc) is 2.39. The summed E-state index contributed by atoms with van der Waals surface area (Å²) in [7, 11) is 1.44. The molecule has 2 unspecified atom stereocenters. The van der Waals surface area contributed by atoms with E-state index in [1.54, 1.807) is 0 Å². The minimum Gasteiger partial charge on any atom is -0.469 e. The number of hydrogen-bond acceptors (Lipinski definition) is 3. The van der Waals surface area contributed by atoms with E-state index in [2.05, 4.69) is 31.3 Å². The summed E-state index contributed by atoms with van der Waals surface area (Å²) >= 11 is 0. The van der Waals surface area contributed by atoms with Crippen LogP contribution in [-0.4, -0.2) is 25.2 Å². The Labute approximate surface area is 110 Å². The van der Waals surface area contributed by atoms with E-state index in [4.69, 9.17) is 4.74 Å². The zero-order valence-corrected chi connectivity index (χ0v) is 11.5. The lowest BCUT2D eigenvalue weighted by atomic mass is 10.0. The number of ether oxygens (including phenoxy) is 1. The van der Waals surface area contributed by atoms with Gasteiger partial charge >= 0.3 is 5.97 Å². The van der Waals surface area contributed by atoms with Gasteiger partial charge < -0.3 is 10.1 Å². The van der Waals surface area contributed by atoms with Crippen LogP contribution in [0.15, 0.2) is 30.3 Å². The summed E-state index contributed by atoms with van der Waals surface area (Å²) in [6, 6.07) is 10.8. The lowest BCUT2D eigenvalue weighted by Gasteiger charge is -2.22. The Morgan fingerprint density at radius 1 is 1.33 bits per heavy atom. The molecule has 0 spiro atoms. The highest BCUT2D eigenvalue weighted by atomic mass is 16.5. The molecule has 2 atom stereocenters. The van der Waals surface area contributed by atoms with Gasteiger partial charge in [0, 0.05) is 12.1 Å². The van der Waals surface area contributed by atoms with Crippen molar-refractivity contribution in [2.45, 2.75) is 45.2 Å². The van der Waals surface area contributed by atoms with Gasteiger partial charge in [0.25, 0.3) is 0 Å². The van der Waals surface area contributed by atoms with E-state index >= 15 is 0 Å². The zero-order chi connectivity index (χ0) is 13.4. The van der Waals surface area contributed by atoms with Crippen LogP contribution in [0.3, 0.4) is 0 Å². The van der Waals surface area contributed by atoms with E-state index < -0.39 is 0 Å². The van der Waals surface area contributed by atoms with Crippen molar-refractivity contribution in [1.82, 2.24) is 5.32 Å². The highest BCUT2D eigenvalue weighted by Gasteiger charge is 2.16. The largest absolute Gasteiger partial charge is 0.469 e. The molecule has 0 amide bonds.